The van der Waals surface area contributed by atoms with Crippen molar-refractivity contribution in [1.29, 1.82) is 0 Å². The van der Waals surface area contributed by atoms with Crippen molar-refractivity contribution < 1.29 is 14.0 Å². The van der Waals surface area contributed by atoms with Gasteiger partial charge in [0.1, 0.15) is 5.75 Å². The predicted octanol–water partition coefficient (Wildman–Crippen LogP) is 1.51. The highest BCUT2D eigenvalue weighted by Gasteiger charge is 1.96. The third kappa shape index (κ3) is 1.16. The Kier molecular flexibility index (Phi) is 0.947. The van der Waals surface area contributed by atoms with E-state index in [9.17, 15) is 4.79 Å². The molecule has 0 unspecified atom stereocenters. The van der Waals surface area contributed by atoms with Gasteiger partial charge in [-0.05, 0) is 19.0 Å². The fourth-order valence-electron chi connectivity index (χ4n) is 0.649. The molecule has 0 aromatic heterocycles. The number of hydrogen-bond donors (Lipinski definition) is 1. The van der Waals surface area contributed by atoms with Gasteiger partial charge >= 0.3 is 0 Å². The number of rotatable bonds is 1. The van der Waals surface area contributed by atoms with Gasteiger partial charge < -0.3 is 5.11 Å². The van der Waals surface area contributed by atoms with E-state index in [1.165, 1.54) is 12.1 Å². The topological polar surface area (TPSA) is 37.3 Å². The monoisotopic (exact) mass is 139 g/mol. The minimum Gasteiger partial charge on any atom is -0.507 e. The summed E-state index contributed by atoms with van der Waals surface area (Å²) in [5.74, 6) is -0.206. The first-order chi connectivity index (χ1) is 5.95. The summed E-state index contributed by atoms with van der Waals surface area (Å²) in [6.07, 6.45) is 0.421. The summed E-state index contributed by atoms with van der Waals surface area (Å²) in [7, 11) is 0. The van der Waals surface area contributed by atoms with E-state index in [0.29, 0.717) is 6.29 Å². The maximum absolute atomic E-state index is 10.4. The van der Waals surface area contributed by atoms with Gasteiger partial charge in [-0.25, -0.2) is 0 Å². The van der Waals surface area contributed by atoms with Crippen LogP contribution >= 0.6 is 0 Å². The molecule has 1 rings (SSSR count). The van der Waals surface area contributed by atoms with Crippen LogP contribution in [0, 0.1) is 6.85 Å². The molecular formula is C8H8O2. The van der Waals surface area contributed by atoms with E-state index in [1.54, 1.807) is 0 Å². The van der Waals surface area contributed by atoms with Gasteiger partial charge in [-0.1, -0.05) is 11.6 Å². The molecule has 2 nitrogen and oxygen atoms in total. The summed E-state index contributed by atoms with van der Waals surface area (Å²) in [6, 6.07) is 3.64. The minimum absolute atomic E-state index is 0.00590. The smallest absolute Gasteiger partial charge is 0.153 e. The van der Waals surface area contributed by atoms with Crippen LogP contribution in [0.4, 0.5) is 0 Å². The molecule has 0 saturated heterocycles. The molecule has 0 fully saturated rings. The number of phenolic OH excluding ortho intramolecular Hbond substituents is 1. The summed E-state index contributed by atoms with van der Waals surface area (Å²) >= 11 is 0. The van der Waals surface area contributed by atoms with Crippen molar-refractivity contribution in [1.82, 2.24) is 0 Å². The Morgan fingerprint density at radius 3 is 3.10 bits per heavy atom. The molecule has 1 aromatic carbocycles. The van der Waals surface area contributed by atoms with Crippen LogP contribution in [0.5, 0.6) is 5.75 Å². The molecule has 2 heteroatoms. The normalized spacial score (nSPS) is 15.0. The van der Waals surface area contributed by atoms with Gasteiger partial charge in [0.25, 0.3) is 0 Å². The quantitative estimate of drug-likeness (QED) is 0.599. The van der Waals surface area contributed by atoms with Gasteiger partial charge in [0.05, 0.1) is 5.56 Å². The van der Waals surface area contributed by atoms with Gasteiger partial charge in [-0.15, -0.1) is 0 Å². The Hall–Kier alpha value is -1.31. The minimum atomic E-state index is -2.24. The van der Waals surface area contributed by atoms with E-state index in [0.717, 1.165) is 6.07 Å². The van der Waals surface area contributed by atoms with Crippen molar-refractivity contribution in [2.24, 2.45) is 0 Å². The number of benzene rings is 1. The summed E-state index contributed by atoms with van der Waals surface area (Å²) in [4.78, 5) is 10.4. The fraction of sp³-hybridized carbons (Fsp3) is 0.125. The number of hydrogen-bond acceptors (Lipinski definition) is 2. The molecule has 0 radical (unpaired) electrons. The second-order valence-electron chi connectivity index (χ2n) is 1.89. The van der Waals surface area contributed by atoms with Gasteiger partial charge in [0.15, 0.2) is 6.29 Å². The molecule has 0 aliphatic carbocycles. The molecule has 1 aromatic rings. The van der Waals surface area contributed by atoms with Crippen molar-refractivity contribution in [3.63, 3.8) is 0 Å². The SMILES string of the molecule is [2H]C([2H])([2H])c1ccc(O)c(C=O)c1. The average molecular weight is 139 g/mol. The Bertz CT molecular complexity index is 331. The molecule has 1 N–H and O–H groups in total. The number of aldehydes is 1. The first kappa shape index (κ1) is 3.76. The summed E-state index contributed by atoms with van der Waals surface area (Å²) < 4.78 is 21.2. The van der Waals surface area contributed by atoms with Crippen LogP contribution < -0.4 is 0 Å². The van der Waals surface area contributed by atoms with E-state index >= 15 is 0 Å². The van der Waals surface area contributed by atoms with Crippen LogP contribution in [0.1, 0.15) is 20.0 Å². The lowest BCUT2D eigenvalue weighted by Gasteiger charge is -1.96. The summed E-state index contributed by atoms with van der Waals surface area (Å²) in [6.45, 7) is -2.24. The largest absolute Gasteiger partial charge is 0.507 e. The second kappa shape index (κ2) is 2.52. The molecule has 0 aliphatic heterocycles. The highest BCUT2D eigenvalue weighted by molar-refractivity contribution is 5.79. The van der Waals surface area contributed by atoms with Crippen LogP contribution in [-0.2, 0) is 0 Å². The average Bonchev–Trinajstić information content (AvgIpc) is 2.03. The standard InChI is InChI=1S/C8H8O2/c1-6-2-3-8(10)7(4-6)5-9/h2-5,10H,1H3/i1D3. The molecule has 0 aliphatic rings. The molecule has 0 amide bonds. The van der Waals surface area contributed by atoms with Crippen molar-refractivity contribution in [3.05, 3.63) is 29.3 Å². The van der Waals surface area contributed by atoms with E-state index in [-0.39, 0.29) is 16.9 Å². The first-order valence-corrected chi connectivity index (χ1v) is 2.74. The maximum Gasteiger partial charge on any atom is 0.153 e. The highest BCUT2D eigenvalue weighted by Crippen LogP contribution is 2.15. The second-order valence-corrected chi connectivity index (χ2v) is 1.89. The highest BCUT2D eigenvalue weighted by atomic mass is 16.3. The van der Waals surface area contributed by atoms with E-state index in [1.807, 2.05) is 0 Å². The van der Waals surface area contributed by atoms with Crippen molar-refractivity contribution >= 4 is 6.29 Å². The van der Waals surface area contributed by atoms with E-state index in [2.05, 4.69) is 0 Å². The molecule has 0 saturated carbocycles. The van der Waals surface area contributed by atoms with Crippen LogP contribution in [0.25, 0.3) is 0 Å². The van der Waals surface area contributed by atoms with E-state index in [4.69, 9.17) is 9.22 Å². The predicted molar refractivity (Wildman–Crippen MR) is 38.2 cm³/mol. The fourth-order valence-corrected chi connectivity index (χ4v) is 0.649. The Morgan fingerprint density at radius 1 is 1.70 bits per heavy atom. The summed E-state index contributed by atoms with van der Waals surface area (Å²) in [5, 5.41) is 9.09. The van der Waals surface area contributed by atoms with Crippen molar-refractivity contribution in [2.75, 3.05) is 0 Å². The zero-order valence-corrected chi connectivity index (χ0v) is 5.16. The molecule has 0 heterocycles. The van der Waals surface area contributed by atoms with E-state index < -0.39 is 6.85 Å². The lowest BCUT2D eigenvalue weighted by atomic mass is 10.1. The van der Waals surface area contributed by atoms with Crippen LogP contribution in [-0.4, -0.2) is 11.4 Å². The van der Waals surface area contributed by atoms with Gasteiger partial charge in [-0.3, -0.25) is 4.79 Å². The zero-order chi connectivity index (χ0) is 10.1. The first-order valence-electron chi connectivity index (χ1n) is 4.24. The number of carbonyl (C=O) groups is 1. The molecule has 0 spiro atoms. The molecular weight excluding hydrogens is 128 g/mol. The number of phenols is 1. The van der Waals surface area contributed by atoms with Gasteiger partial charge in [0.2, 0.25) is 0 Å². The Labute approximate surface area is 63.3 Å². The van der Waals surface area contributed by atoms with Gasteiger partial charge in [0, 0.05) is 4.11 Å². The zero-order valence-electron chi connectivity index (χ0n) is 8.16. The third-order valence-corrected chi connectivity index (χ3v) is 1.15. The van der Waals surface area contributed by atoms with Gasteiger partial charge in [-0.2, -0.15) is 0 Å². The van der Waals surface area contributed by atoms with Crippen molar-refractivity contribution in [3.8, 4) is 5.75 Å². The number of carbonyl (C=O) groups excluding carboxylic acids is 1. The van der Waals surface area contributed by atoms with Crippen LogP contribution in [0.15, 0.2) is 18.2 Å². The lowest BCUT2D eigenvalue weighted by Crippen LogP contribution is -1.81. The lowest BCUT2D eigenvalue weighted by molar-refractivity contribution is 0.112. The molecule has 0 atom stereocenters. The third-order valence-electron chi connectivity index (χ3n) is 1.15. The maximum atomic E-state index is 10.4. The molecule has 0 bridgehead atoms. The molecule has 52 valence electrons. The van der Waals surface area contributed by atoms with Crippen LogP contribution in [0.2, 0.25) is 0 Å². The molecule has 10 heavy (non-hydrogen) atoms. The summed E-state index contributed by atoms with van der Waals surface area (Å²) in [5.41, 5.74) is 0.0426. The van der Waals surface area contributed by atoms with Crippen LogP contribution in [0.3, 0.4) is 0 Å². The Balaban J connectivity index is 3.21. The van der Waals surface area contributed by atoms with Crippen molar-refractivity contribution in [2.45, 2.75) is 6.85 Å². The number of aryl methyl sites for hydroxylation is 1. The Morgan fingerprint density at radius 2 is 2.50 bits per heavy atom. The number of aromatic hydroxyl groups is 1.